The molecule has 0 spiro atoms. The molecule has 1 unspecified atom stereocenters. The highest BCUT2D eigenvalue weighted by Gasteiger charge is 2.34. The number of rotatable bonds is 8. The third-order valence-electron chi connectivity index (χ3n) is 5.79. The number of carbonyl (C=O) groups is 2. The zero-order valence-corrected chi connectivity index (χ0v) is 21.1. The van der Waals surface area contributed by atoms with Gasteiger partial charge in [-0.3, -0.25) is 15.0 Å². The summed E-state index contributed by atoms with van der Waals surface area (Å²) in [5.74, 6) is 0.351. The molecule has 0 aromatic heterocycles. The fourth-order valence-electron chi connectivity index (χ4n) is 3.86. The molecule has 0 bridgehead atoms. The predicted octanol–water partition coefficient (Wildman–Crippen LogP) is 6.57. The minimum atomic E-state index is -0.535. The van der Waals surface area contributed by atoms with Crippen molar-refractivity contribution in [3.05, 3.63) is 93.5 Å². The van der Waals surface area contributed by atoms with E-state index in [1.165, 1.54) is 10.6 Å². The van der Waals surface area contributed by atoms with Gasteiger partial charge >= 0.3 is 0 Å². The number of benzene rings is 3. The van der Waals surface area contributed by atoms with Gasteiger partial charge in [0.15, 0.2) is 0 Å². The number of para-hydroxylation sites is 1. The highest BCUT2D eigenvalue weighted by molar-refractivity contribution is 6.35. The van der Waals surface area contributed by atoms with Crippen LogP contribution in [0.15, 0.2) is 66.7 Å². The minimum absolute atomic E-state index is 0.176. The van der Waals surface area contributed by atoms with Crippen molar-refractivity contribution in [2.75, 3.05) is 11.9 Å². The summed E-state index contributed by atoms with van der Waals surface area (Å²) in [5.41, 5.74) is 6.11. The van der Waals surface area contributed by atoms with Crippen LogP contribution in [0.25, 0.3) is 0 Å². The second-order valence-corrected chi connectivity index (χ2v) is 9.49. The molecule has 8 heteroatoms. The molecular weight excluding hydrogens is 485 g/mol. The van der Waals surface area contributed by atoms with E-state index in [9.17, 15) is 9.59 Å². The molecular formula is C27H27Cl2N3O3. The molecule has 0 aliphatic carbocycles. The van der Waals surface area contributed by atoms with Gasteiger partial charge in [-0.25, -0.2) is 5.01 Å². The van der Waals surface area contributed by atoms with Crippen LogP contribution in [0.4, 0.5) is 5.69 Å². The van der Waals surface area contributed by atoms with Gasteiger partial charge in [-0.05, 0) is 53.8 Å². The number of nitrogens with zero attached hydrogens (tertiary/aromatic N) is 1. The van der Waals surface area contributed by atoms with Crippen LogP contribution in [0.1, 0.15) is 60.3 Å². The fourth-order valence-corrected chi connectivity index (χ4v) is 4.33. The quantitative estimate of drug-likeness (QED) is 0.335. The molecule has 0 saturated heterocycles. The highest BCUT2D eigenvalue weighted by atomic mass is 35.5. The second kappa shape index (κ2) is 11.0. The van der Waals surface area contributed by atoms with Gasteiger partial charge < -0.3 is 10.1 Å². The lowest BCUT2D eigenvalue weighted by atomic mass is 9.99. The summed E-state index contributed by atoms with van der Waals surface area (Å²) in [5, 5.41) is 5.69. The minimum Gasteiger partial charge on any atom is -0.492 e. The molecule has 0 radical (unpaired) electrons. The number of fused-ring (bicyclic) bond motifs is 1. The number of amides is 2. The van der Waals surface area contributed by atoms with Crippen LogP contribution >= 0.6 is 23.2 Å². The Bertz CT molecular complexity index is 1210. The van der Waals surface area contributed by atoms with Crippen LogP contribution in [-0.2, 0) is 4.79 Å². The first-order valence-electron chi connectivity index (χ1n) is 11.5. The van der Waals surface area contributed by atoms with Crippen LogP contribution < -0.4 is 15.5 Å². The Kier molecular flexibility index (Phi) is 7.83. The van der Waals surface area contributed by atoms with E-state index in [4.69, 9.17) is 27.9 Å². The fraction of sp³-hybridized carbons (Fsp3) is 0.259. The maximum Gasteiger partial charge on any atom is 0.276 e. The third kappa shape index (κ3) is 5.89. The lowest BCUT2D eigenvalue weighted by Gasteiger charge is -2.37. The molecule has 0 fully saturated rings. The lowest BCUT2D eigenvalue weighted by Crippen LogP contribution is -2.52. The number of anilines is 1. The first-order valence-corrected chi connectivity index (χ1v) is 12.3. The van der Waals surface area contributed by atoms with Crippen molar-refractivity contribution < 1.29 is 14.3 Å². The summed E-state index contributed by atoms with van der Waals surface area (Å²) in [6.45, 7) is 4.55. The third-order valence-corrected chi connectivity index (χ3v) is 6.32. The van der Waals surface area contributed by atoms with E-state index in [0.717, 1.165) is 11.3 Å². The zero-order valence-electron chi connectivity index (χ0n) is 19.6. The van der Waals surface area contributed by atoms with E-state index in [1.807, 2.05) is 36.4 Å². The number of ether oxygens (including phenoxy) is 1. The molecule has 3 aromatic rings. The van der Waals surface area contributed by atoms with Gasteiger partial charge in [0.2, 0.25) is 5.91 Å². The van der Waals surface area contributed by atoms with E-state index >= 15 is 0 Å². The molecule has 3 aromatic carbocycles. The summed E-state index contributed by atoms with van der Waals surface area (Å²) in [7, 11) is 0. The Hall–Kier alpha value is -3.22. The van der Waals surface area contributed by atoms with E-state index in [-0.39, 0.29) is 18.2 Å². The molecule has 0 saturated carbocycles. The number of hydrogen-bond acceptors (Lipinski definition) is 4. The SMILES string of the molecule is CC(C)c1ccc(C2Nc3ccccc3C(=O)N2NC(=O)CCCOc2ccc(Cl)cc2Cl)cc1. The van der Waals surface area contributed by atoms with E-state index in [2.05, 4.69) is 24.6 Å². The summed E-state index contributed by atoms with van der Waals surface area (Å²) in [6, 6.07) is 20.3. The van der Waals surface area contributed by atoms with Gasteiger partial charge in [0.05, 0.1) is 17.2 Å². The van der Waals surface area contributed by atoms with E-state index in [1.54, 1.807) is 30.3 Å². The van der Waals surface area contributed by atoms with E-state index < -0.39 is 6.17 Å². The van der Waals surface area contributed by atoms with Crippen LogP contribution in [0, 0.1) is 0 Å². The van der Waals surface area contributed by atoms with Crippen molar-refractivity contribution in [1.29, 1.82) is 0 Å². The number of hydrogen-bond donors (Lipinski definition) is 2. The van der Waals surface area contributed by atoms with Crippen molar-refractivity contribution >= 4 is 40.7 Å². The molecule has 1 aliphatic rings. The van der Waals surface area contributed by atoms with Crippen molar-refractivity contribution in [3.63, 3.8) is 0 Å². The summed E-state index contributed by atoms with van der Waals surface area (Å²) in [4.78, 5) is 26.1. The molecule has 6 nitrogen and oxygen atoms in total. The smallest absolute Gasteiger partial charge is 0.276 e. The monoisotopic (exact) mass is 511 g/mol. The average Bonchev–Trinajstić information content (AvgIpc) is 2.84. The molecule has 1 aliphatic heterocycles. The molecule has 2 N–H and O–H groups in total. The topological polar surface area (TPSA) is 70.7 Å². The molecule has 1 atom stereocenters. The van der Waals surface area contributed by atoms with Crippen LogP contribution in [0.2, 0.25) is 10.0 Å². The zero-order chi connectivity index (χ0) is 24.9. The Balaban J connectivity index is 1.43. The van der Waals surface area contributed by atoms with Gasteiger partial charge in [0.1, 0.15) is 11.9 Å². The molecule has 4 rings (SSSR count). The molecule has 1 heterocycles. The maximum absolute atomic E-state index is 13.3. The van der Waals surface area contributed by atoms with Crippen molar-refractivity contribution in [2.24, 2.45) is 0 Å². The second-order valence-electron chi connectivity index (χ2n) is 8.65. The summed E-state index contributed by atoms with van der Waals surface area (Å²) >= 11 is 12.0. The molecule has 182 valence electrons. The number of halogens is 2. The van der Waals surface area contributed by atoms with E-state index in [0.29, 0.717) is 40.3 Å². The van der Waals surface area contributed by atoms with Gasteiger partial charge in [0, 0.05) is 17.1 Å². The lowest BCUT2D eigenvalue weighted by molar-refractivity contribution is -0.126. The maximum atomic E-state index is 13.3. The van der Waals surface area contributed by atoms with Crippen LogP contribution in [0.5, 0.6) is 5.75 Å². The van der Waals surface area contributed by atoms with Gasteiger partial charge in [0.25, 0.3) is 5.91 Å². The van der Waals surface area contributed by atoms with Gasteiger partial charge in [-0.15, -0.1) is 0 Å². The van der Waals surface area contributed by atoms with Crippen molar-refractivity contribution in [2.45, 2.75) is 38.8 Å². The largest absolute Gasteiger partial charge is 0.492 e. The van der Waals surface area contributed by atoms with Gasteiger partial charge in [-0.1, -0.05) is 73.4 Å². The number of carbonyl (C=O) groups excluding carboxylic acids is 2. The first-order chi connectivity index (χ1) is 16.8. The standard InChI is InChI=1S/C27H27Cl2N3O3/c1-17(2)18-9-11-19(12-10-18)26-30-23-7-4-3-6-21(23)27(34)32(26)31-25(33)8-5-15-35-24-14-13-20(28)16-22(24)29/h3-4,6-7,9-14,16-17,26,30H,5,8,15H2,1-2H3,(H,31,33). The Labute approximate surface area is 215 Å². The normalized spacial score (nSPS) is 14.9. The Morgan fingerprint density at radius 1 is 1.09 bits per heavy atom. The molecule has 35 heavy (non-hydrogen) atoms. The van der Waals surface area contributed by atoms with Crippen molar-refractivity contribution in [3.8, 4) is 5.75 Å². The van der Waals surface area contributed by atoms with Crippen molar-refractivity contribution in [1.82, 2.24) is 10.4 Å². The molecule has 2 amide bonds. The predicted molar refractivity (Wildman–Crippen MR) is 139 cm³/mol. The number of hydrazine groups is 1. The first kappa shape index (κ1) is 24.9. The summed E-state index contributed by atoms with van der Waals surface area (Å²) in [6.07, 6.45) is 0.0898. The summed E-state index contributed by atoms with van der Waals surface area (Å²) < 4.78 is 5.66. The Morgan fingerprint density at radius 3 is 2.54 bits per heavy atom. The van der Waals surface area contributed by atoms with Crippen LogP contribution in [0.3, 0.4) is 0 Å². The van der Waals surface area contributed by atoms with Gasteiger partial charge in [-0.2, -0.15) is 0 Å². The average molecular weight is 512 g/mol. The highest BCUT2D eigenvalue weighted by Crippen LogP contribution is 2.32. The Morgan fingerprint density at radius 2 is 1.83 bits per heavy atom. The number of nitrogens with one attached hydrogen (secondary N) is 2. The van der Waals surface area contributed by atoms with Crippen LogP contribution in [-0.4, -0.2) is 23.4 Å².